The van der Waals surface area contributed by atoms with Crippen molar-refractivity contribution in [2.24, 2.45) is 0 Å². The molecular weight excluding hydrogens is 272 g/mol. The molecule has 0 fully saturated rings. The maximum Gasteiger partial charge on any atom is 0.124 e. The highest BCUT2D eigenvalue weighted by atomic mass is 35.5. The molecular formula is C16H23ClN2O. The first-order chi connectivity index (χ1) is 9.65. The summed E-state index contributed by atoms with van der Waals surface area (Å²) >= 11 is 6.03. The Kier molecular flexibility index (Phi) is 5.30. The molecule has 0 aliphatic heterocycles. The lowest BCUT2D eigenvalue weighted by Gasteiger charge is -2.10. The molecule has 0 unspecified atom stereocenters. The number of benzene rings is 1. The number of aromatic nitrogens is 2. The van der Waals surface area contributed by atoms with Crippen LogP contribution in [0.5, 0.6) is 5.75 Å². The third-order valence-electron chi connectivity index (χ3n) is 3.28. The Morgan fingerprint density at radius 2 is 2.10 bits per heavy atom. The maximum atomic E-state index is 6.03. The van der Waals surface area contributed by atoms with E-state index in [1.165, 1.54) is 12.8 Å². The number of hydrogen-bond acceptors (Lipinski definition) is 2. The minimum absolute atomic E-state index is 0.173. The third kappa shape index (κ3) is 3.45. The van der Waals surface area contributed by atoms with Crippen LogP contribution in [0.3, 0.4) is 0 Å². The lowest BCUT2D eigenvalue weighted by atomic mass is 10.2. The summed E-state index contributed by atoms with van der Waals surface area (Å²) < 4.78 is 7.95. The van der Waals surface area contributed by atoms with Gasteiger partial charge < -0.3 is 9.30 Å². The van der Waals surface area contributed by atoms with Gasteiger partial charge in [-0.1, -0.05) is 19.8 Å². The Balaban J connectivity index is 2.31. The van der Waals surface area contributed by atoms with Gasteiger partial charge in [0, 0.05) is 12.6 Å². The summed E-state index contributed by atoms with van der Waals surface area (Å²) in [4.78, 5) is 4.63. The van der Waals surface area contributed by atoms with E-state index >= 15 is 0 Å². The highest BCUT2D eigenvalue weighted by Gasteiger charge is 2.11. The second-order valence-corrected chi connectivity index (χ2v) is 5.60. The van der Waals surface area contributed by atoms with Crippen LogP contribution in [0.4, 0.5) is 0 Å². The number of nitrogens with zero attached hydrogens (tertiary/aromatic N) is 2. The van der Waals surface area contributed by atoms with Gasteiger partial charge in [-0.05, 0) is 32.4 Å². The van der Waals surface area contributed by atoms with Crippen LogP contribution in [-0.4, -0.2) is 15.7 Å². The summed E-state index contributed by atoms with van der Waals surface area (Å²) in [5.74, 6) is 2.26. The molecule has 0 bridgehead atoms. The molecule has 20 heavy (non-hydrogen) atoms. The fourth-order valence-electron chi connectivity index (χ4n) is 2.38. The van der Waals surface area contributed by atoms with Crippen LogP contribution in [0.1, 0.15) is 45.9 Å². The largest absolute Gasteiger partial charge is 0.491 e. The predicted molar refractivity (Wildman–Crippen MR) is 84.6 cm³/mol. The summed E-state index contributed by atoms with van der Waals surface area (Å²) in [6.45, 7) is 7.25. The van der Waals surface area contributed by atoms with Crippen LogP contribution in [0.25, 0.3) is 11.0 Å². The van der Waals surface area contributed by atoms with Gasteiger partial charge in [-0.2, -0.15) is 0 Å². The molecule has 1 aromatic heterocycles. The second-order valence-electron chi connectivity index (χ2n) is 5.34. The quantitative estimate of drug-likeness (QED) is 0.544. The van der Waals surface area contributed by atoms with Crippen molar-refractivity contribution in [2.75, 3.05) is 0 Å². The number of halogens is 1. The molecule has 4 heteroatoms. The van der Waals surface area contributed by atoms with Crippen molar-refractivity contribution in [3.05, 3.63) is 24.0 Å². The first-order valence-electron chi connectivity index (χ1n) is 7.37. The number of aryl methyl sites for hydroxylation is 1. The summed E-state index contributed by atoms with van der Waals surface area (Å²) in [5.41, 5.74) is 2.11. The number of alkyl halides is 1. The van der Waals surface area contributed by atoms with E-state index in [1.54, 1.807) is 0 Å². The van der Waals surface area contributed by atoms with Gasteiger partial charge in [-0.15, -0.1) is 11.6 Å². The summed E-state index contributed by atoms with van der Waals surface area (Å²) in [6.07, 6.45) is 3.79. The van der Waals surface area contributed by atoms with Crippen LogP contribution >= 0.6 is 11.6 Å². The zero-order chi connectivity index (χ0) is 14.5. The molecule has 1 heterocycles. The van der Waals surface area contributed by atoms with Gasteiger partial charge in [0.05, 0.1) is 23.0 Å². The van der Waals surface area contributed by atoms with E-state index in [2.05, 4.69) is 22.5 Å². The van der Waals surface area contributed by atoms with E-state index in [1.807, 2.05) is 26.0 Å². The van der Waals surface area contributed by atoms with Crippen LogP contribution in [0.2, 0.25) is 0 Å². The zero-order valence-corrected chi connectivity index (χ0v) is 13.3. The van der Waals surface area contributed by atoms with Crippen molar-refractivity contribution < 1.29 is 4.74 Å². The van der Waals surface area contributed by atoms with Crippen molar-refractivity contribution in [1.29, 1.82) is 0 Å². The molecule has 0 atom stereocenters. The van der Waals surface area contributed by atoms with Gasteiger partial charge in [-0.25, -0.2) is 4.98 Å². The molecule has 2 aromatic rings. The predicted octanol–water partition coefficient (Wildman–Crippen LogP) is 4.75. The van der Waals surface area contributed by atoms with Crippen LogP contribution < -0.4 is 4.74 Å². The molecule has 3 nitrogen and oxygen atoms in total. The molecule has 110 valence electrons. The van der Waals surface area contributed by atoms with Crippen LogP contribution in [-0.2, 0) is 12.4 Å². The average Bonchev–Trinajstić information content (AvgIpc) is 2.76. The first kappa shape index (κ1) is 15.2. The van der Waals surface area contributed by atoms with E-state index in [4.69, 9.17) is 16.3 Å². The molecule has 0 aliphatic carbocycles. The lowest BCUT2D eigenvalue weighted by molar-refractivity contribution is 0.242. The molecule has 0 amide bonds. The fourth-order valence-corrected chi connectivity index (χ4v) is 2.58. The van der Waals surface area contributed by atoms with E-state index in [0.717, 1.165) is 35.6 Å². The van der Waals surface area contributed by atoms with Crippen molar-refractivity contribution in [3.63, 3.8) is 0 Å². The number of ether oxygens (including phenoxy) is 1. The molecule has 1 aromatic carbocycles. The fraction of sp³-hybridized carbons (Fsp3) is 0.562. The Hall–Kier alpha value is -1.22. The molecule has 0 radical (unpaired) electrons. The van der Waals surface area contributed by atoms with Gasteiger partial charge in [0.25, 0.3) is 0 Å². The number of fused-ring (bicyclic) bond motifs is 1. The second kappa shape index (κ2) is 6.98. The Labute approximate surface area is 125 Å². The SMILES string of the molecule is CCCCCn1c(CCl)nc2cc(OC(C)C)ccc21. The number of rotatable bonds is 7. The van der Waals surface area contributed by atoms with Gasteiger partial charge in [0.15, 0.2) is 0 Å². The summed E-state index contributed by atoms with van der Waals surface area (Å²) in [5, 5.41) is 0. The van der Waals surface area contributed by atoms with E-state index in [9.17, 15) is 0 Å². The molecule has 0 aliphatic rings. The van der Waals surface area contributed by atoms with Gasteiger partial charge >= 0.3 is 0 Å². The number of hydrogen-bond donors (Lipinski definition) is 0. The lowest BCUT2D eigenvalue weighted by Crippen LogP contribution is -2.05. The van der Waals surface area contributed by atoms with Gasteiger partial charge in [0.1, 0.15) is 11.6 Å². The topological polar surface area (TPSA) is 27.1 Å². The highest BCUT2D eigenvalue weighted by Crippen LogP contribution is 2.24. The Bertz CT molecular complexity index is 563. The average molecular weight is 295 g/mol. The number of unbranched alkanes of at least 4 members (excludes halogenated alkanes) is 2. The first-order valence-corrected chi connectivity index (χ1v) is 7.91. The van der Waals surface area contributed by atoms with Gasteiger partial charge in [0.2, 0.25) is 0 Å². The third-order valence-corrected chi connectivity index (χ3v) is 3.51. The molecule has 0 saturated heterocycles. The van der Waals surface area contributed by atoms with Crippen molar-refractivity contribution in [3.8, 4) is 5.75 Å². The van der Waals surface area contributed by atoms with Crippen molar-refractivity contribution in [1.82, 2.24) is 9.55 Å². The molecule has 0 N–H and O–H groups in total. The molecule has 0 spiro atoms. The van der Waals surface area contributed by atoms with Crippen LogP contribution in [0, 0.1) is 0 Å². The van der Waals surface area contributed by atoms with E-state index in [0.29, 0.717) is 5.88 Å². The zero-order valence-electron chi connectivity index (χ0n) is 12.5. The smallest absolute Gasteiger partial charge is 0.124 e. The molecule has 0 saturated carbocycles. The normalized spacial score (nSPS) is 11.4. The van der Waals surface area contributed by atoms with E-state index in [-0.39, 0.29) is 6.10 Å². The summed E-state index contributed by atoms with van der Waals surface area (Å²) in [6, 6.07) is 6.10. The summed E-state index contributed by atoms with van der Waals surface area (Å²) in [7, 11) is 0. The van der Waals surface area contributed by atoms with Crippen molar-refractivity contribution in [2.45, 2.75) is 58.6 Å². The molecule has 2 rings (SSSR count). The monoisotopic (exact) mass is 294 g/mol. The van der Waals surface area contributed by atoms with E-state index < -0.39 is 0 Å². The van der Waals surface area contributed by atoms with Crippen LogP contribution in [0.15, 0.2) is 18.2 Å². The maximum absolute atomic E-state index is 6.03. The van der Waals surface area contributed by atoms with Crippen molar-refractivity contribution >= 4 is 22.6 Å². The highest BCUT2D eigenvalue weighted by molar-refractivity contribution is 6.16. The minimum Gasteiger partial charge on any atom is -0.491 e. The Morgan fingerprint density at radius 3 is 2.75 bits per heavy atom. The standard InChI is InChI=1S/C16H23ClN2O/c1-4-5-6-9-19-15-8-7-13(20-12(2)3)10-14(15)18-16(19)11-17/h7-8,10,12H,4-6,9,11H2,1-3H3. The Morgan fingerprint density at radius 1 is 1.30 bits per heavy atom. The van der Waals surface area contributed by atoms with Gasteiger partial charge in [-0.3, -0.25) is 0 Å². The number of imidazole rings is 1. The minimum atomic E-state index is 0.173.